The van der Waals surface area contributed by atoms with Crippen molar-refractivity contribution in [3.8, 4) is 0 Å². The molecule has 1 heterocycles. The van der Waals surface area contributed by atoms with Crippen LogP contribution in [0, 0.1) is 6.92 Å². The van der Waals surface area contributed by atoms with Gasteiger partial charge in [-0.1, -0.05) is 31.5 Å². The van der Waals surface area contributed by atoms with E-state index in [1.165, 1.54) is 5.56 Å². The van der Waals surface area contributed by atoms with Crippen LogP contribution in [0.15, 0.2) is 29.6 Å². The van der Waals surface area contributed by atoms with E-state index in [1.54, 1.807) is 11.3 Å². The highest BCUT2D eigenvalue weighted by atomic mass is 32.1. The summed E-state index contributed by atoms with van der Waals surface area (Å²) in [4.78, 5) is 16.5. The van der Waals surface area contributed by atoms with Gasteiger partial charge in [-0.15, -0.1) is 11.3 Å². The molecule has 1 aromatic heterocycles. The predicted molar refractivity (Wildman–Crippen MR) is 75.3 cm³/mol. The van der Waals surface area contributed by atoms with Crippen molar-refractivity contribution < 1.29 is 4.79 Å². The molecule has 0 fully saturated rings. The molecule has 18 heavy (non-hydrogen) atoms. The lowest BCUT2D eigenvalue weighted by molar-refractivity contribution is 0.0993. The van der Waals surface area contributed by atoms with E-state index in [2.05, 4.69) is 18.0 Å². The number of ketones is 1. The fourth-order valence-electron chi connectivity index (χ4n) is 1.91. The summed E-state index contributed by atoms with van der Waals surface area (Å²) in [5.41, 5.74) is 3.02. The topological polar surface area (TPSA) is 30.0 Å². The van der Waals surface area contributed by atoms with E-state index >= 15 is 0 Å². The number of aromatic nitrogens is 1. The highest BCUT2D eigenvalue weighted by Crippen LogP contribution is 2.14. The van der Waals surface area contributed by atoms with E-state index in [9.17, 15) is 4.79 Å². The molecule has 0 spiro atoms. The van der Waals surface area contributed by atoms with E-state index < -0.39 is 0 Å². The third kappa shape index (κ3) is 3.26. The van der Waals surface area contributed by atoms with Crippen LogP contribution < -0.4 is 0 Å². The summed E-state index contributed by atoms with van der Waals surface area (Å²) in [6.07, 6.45) is 2.54. The first-order chi connectivity index (χ1) is 8.69. The molecule has 0 bridgehead atoms. The van der Waals surface area contributed by atoms with Crippen LogP contribution in [-0.4, -0.2) is 10.8 Å². The Morgan fingerprint density at radius 2 is 2.22 bits per heavy atom. The number of nitrogens with zero attached hydrogens (tertiary/aromatic N) is 1. The minimum absolute atomic E-state index is 0.155. The summed E-state index contributed by atoms with van der Waals surface area (Å²) in [5, 5.41) is 2.88. The molecule has 0 saturated heterocycles. The van der Waals surface area contributed by atoms with Crippen molar-refractivity contribution in [2.75, 3.05) is 0 Å². The molecule has 0 amide bonds. The van der Waals surface area contributed by atoms with Crippen molar-refractivity contribution >= 4 is 17.1 Å². The molecule has 2 nitrogen and oxygen atoms in total. The van der Waals surface area contributed by atoms with E-state index in [0.29, 0.717) is 6.42 Å². The Bertz CT molecular complexity index is 545. The van der Waals surface area contributed by atoms with Crippen molar-refractivity contribution in [2.24, 2.45) is 0 Å². The molecule has 0 unspecified atom stereocenters. The Balaban J connectivity index is 2.11. The van der Waals surface area contributed by atoms with E-state index in [4.69, 9.17) is 0 Å². The SMILES string of the molecule is CCCc1cccc(C(=O)Cc2nc(C)cs2)c1. The number of hydrogen-bond donors (Lipinski definition) is 0. The number of aryl methyl sites for hydroxylation is 2. The van der Waals surface area contributed by atoms with Gasteiger partial charge in [0, 0.05) is 16.6 Å². The lowest BCUT2D eigenvalue weighted by Crippen LogP contribution is -2.04. The van der Waals surface area contributed by atoms with Gasteiger partial charge in [0.25, 0.3) is 0 Å². The number of carbonyl (C=O) groups is 1. The lowest BCUT2D eigenvalue weighted by atomic mass is 10.0. The second kappa shape index (κ2) is 5.91. The predicted octanol–water partition coefficient (Wildman–Crippen LogP) is 3.83. The van der Waals surface area contributed by atoms with Gasteiger partial charge in [0.15, 0.2) is 5.78 Å². The van der Waals surface area contributed by atoms with Crippen LogP contribution in [0.25, 0.3) is 0 Å². The molecule has 2 aromatic rings. The summed E-state index contributed by atoms with van der Waals surface area (Å²) in [7, 11) is 0. The van der Waals surface area contributed by atoms with Gasteiger partial charge in [0.1, 0.15) is 5.01 Å². The molecule has 0 radical (unpaired) electrons. The Kier molecular flexibility index (Phi) is 4.26. The molecular formula is C15H17NOS. The zero-order valence-electron chi connectivity index (χ0n) is 10.8. The van der Waals surface area contributed by atoms with Gasteiger partial charge < -0.3 is 0 Å². The third-order valence-corrected chi connectivity index (χ3v) is 3.73. The minimum atomic E-state index is 0.155. The molecular weight excluding hydrogens is 242 g/mol. The van der Waals surface area contributed by atoms with Gasteiger partial charge in [0.2, 0.25) is 0 Å². The van der Waals surface area contributed by atoms with E-state index in [0.717, 1.165) is 29.1 Å². The average molecular weight is 259 g/mol. The number of carbonyl (C=O) groups excluding carboxylic acids is 1. The highest BCUT2D eigenvalue weighted by Gasteiger charge is 2.09. The first-order valence-corrected chi connectivity index (χ1v) is 7.10. The second-order valence-electron chi connectivity index (χ2n) is 4.43. The minimum Gasteiger partial charge on any atom is -0.294 e. The van der Waals surface area contributed by atoms with Crippen LogP contribution in [0.3, 0.4) is 0 Å². The van der Waals surface area contributed by atoms with Crippen LogP contribution in [0.1, 0.15) is 40.0 Å². The Labute approximate surface area is 112 Å². The maximum Gasteiger partial charge on any atom is 0.169 e. The number of Topliss-reactive ketones (excluding diaryl/α,β-unsaturated/α-hetero) is 1. The molecule has 1 aromatic carbocycles. The molecule has 0 saturated carbocycles. The van der Waals surface area contributed by atoms with Gasteiger partial charge in [-0.3, -0.25) is 4.79 Å². The molecule has 0 aliphatic rings. The second-order valence-corrected chi connectivity index (χ2v) is 5.38. The summed E-state index contributed by atoms with van der Waals surface area (Å²) in [6, 6.07) is 7.94. The first kappa shape index (κ1) is 13.0. The standard InChI is InChI=1S/C15H17NOS/c1-3-5-12-6-4-7-13(8-12)14(17)9-15-16-11(2)10-18-15/h4,6-8,10H,3,5,9H2,1-2H3. The van der Waals surface area contributed by atoms with Crippen LogP contribution in [0.2, 0.25) is 0 Å². The average Bonchev–Trinajstić information content (AvgIpc) is 2.75. The van der Waals surface area contributed by atoms with Crippen molar-refractivity contribution in [3.63, 3.8) is 0 Å². The largest absolute Gasteiger partial charge is 0.294 e. The molecule has 0 aliphatic heterocycles. The molecule has 94 valence electrons. The van der Waals surface area contributed by atoms with Crippen molar-refractivity contribution in [2.45, 2.75) is 33.1 Å². The van der Waals surface area contributed by atoms with Gasteiger partial charge >= 0.3 is 0 Å². The first-order valence-electron chi connectivity index (χ1n) is 6.22. The highest BCUT2D eigenvalue weighted by molar-refractivity contribution is 7.09. The Morgan fingerprint density at radius 3 is 2.89 bits per heavy atom. The smallest absolute Gasteiger partial charge is 0.169 e. The van der Waals surface area contributed by atoms with Crippen LogP contribution in [-0.2, 0) is 12.8 Å². The molecule has 0 aliphatic carbocycles. The van der Waals surface area contributed by atoms with Crippen molar-refractivity contribution in [1.29, 1.82) is 0 Å². The lowest BCUT2D eigenvalue weighted by Gasteiger charge is -2.02. The van der Waals surface area contributed by atoms with Crippen LogP contribution in [0.5, 0.6) is 0 Å². The molecule has 0 N–H and O–H groups in total. The summed E-state index contributed by atoms with van der Waals surface area (Å²) >= 11 is 1.56. The van der Waals surface area contributed by atoms with Gasteiger partial charge in [-0.25, -0.2) is 4.98 Å². The number of rotatable bonds is 5. The maximum atomic E-state index is 12.1. The normalized spacial score (nSPS) is 10.6. The van der Waals surface area contributed by atoms with Crippen molar-refractivity contribution in [1.82, 2.24) is 4.98 Å². The van der Waals surface area contributed by atoms with E-state index in [1.807, 2.05) is 30.5 Å². The maximum absolute atomic E-state index is 12.1. The summed E-state index contributed by atoms with van der Waals surface area (Å²) in [5.74, 6) is 0.155. The van der Waals surface area contributed by atoms with Gasteiger partial charge in [-0.2, -0.15) is 0 Å². The summed E-state index contributed by atoms with van der Waals surface area (Å²) in [6.45, 7) is 4.10. The summed E-state index contributed by atoms with van der Waals surface area (Å²) < 4.78 is 0. The zero-order valence-corrected chi connectivity index (χ0v) is 11.6. The van der Waals surface area contributed by atoms with Crippen LogP contribution in [0.4, 0.5) is 0 Å². The number of benzene rings is 1. The molecule has 2 rings (SSSR count). The third-order valence-electron chi connectivity index (χ3n) is 2.77. The van der Waals surface area contributed by atoms with Crippen molar-refractivity contribution in [3.05, 3.63) is 51.5 Å². The van der Waals surface area contributed by atoms with E-state index in [-0.39, 0.29) is 5.78 Å². The van der Waals surface area contributed by atoms with Gasteiger partial charge in [0.05, 0.1) is 6.42 Å². The number of thiazole rings is 1. The van der Waals surface area contributed by atoms with Gasteiger partial charge in [-0.05, 0) is 25.0 Å². The zero-order chi connectivity index (χ0) is 13.0. The monoisotopic (exact) mass is 259 g/mol. The fourth-order valence-corrected chi connectivity index (χ4v) is 2.68. The Morgan fingerprint density at radius 1 is 1.39 bits per heavy atom. The van der Waals surface area contributed by atoms with Crippen LogP contribution >= 0.6 is 11.3 Å². The Hall–Kier alpha value is -1.48. The fraction of sp³-hybridized carbons (Fsp3) is 0.333. The molecule has 0 atom stereocenters. The quantitative estimate of drug-likeness (QED) is 0.764. The number of hydrogen-bond acceptors (Lipinski definition) is 3. The molecule has 3 heteroatoms.